The van der Waals surface area contributed by atoms with Gasteiger partial charge in [0.1, 0.15) is 52.5 Å². The molecule has 1 rings (SSSR count). The summed E-state index contributed by atoms with van der Waals surface area (Å²) in [5.74, 6) is 1.31. The molecule has 0 radical (unpaired) electrons. The van der Waals surface area contributed by atoms with Crippen LogP contribution in [-0.2, 0) is 0 Å². The molecule has 0 spiro atoms. The number of nitriles is 4. The number of allylic oxidation sites excluding steroid dienone is 3. The zero-order valence-corrected chi connectivity index (χ0v) is 8.76. The molecule has 0 bridgehead atoms. The lowest BCUT2D eigenvalue weighted by molar-refractivity contribution is 1.31. The SMILES string of the molecule is N#CC(=C=[N-])/C(C#N)=C1\N=C(N)C(C#N)=C1C#N. The Hall–Kier alpha value is -3.64. The number of hydrogen-bond acceptors (Lipinski definition) is 6. The second-order valence-electron chi connectivity index (χ2n) is 2.90. The third-order valence-corrected chi connectivity index (χ3v) is 2.02. The van der Waals surface area contributed by atoms with Gasteiger partial charge in [0, 0.05) is 0 Å². The van der Waals surface area contributed by atoms with E-state index in [1.807, 2.05) is 0 Å². The van der Waals surface area contributed by atoms with Crippen LogP contribution in [0.4, 0.5) is 0 Å². The molecule has 2 N–H and O–H groups in total. The molecule has 0 aromatic rings. The van der Waals surface area contributed by atoms with Crippen molar-refractivity contribution in [3.05, 3.63) is 33.4 Å². The first kappa shape index (κ1) is 12.4. The van der Waals surface area contributed by atoms with Gasteiger partial charge in [-0.15, -0.1) is 0 Å². The Kier molecular flexibility index (Phi) is 3.40. The molecule has 0 unspecified atom stereocenters. The summed E-state index contributed by atoms with van der Waals surface area (Å²) in [7, 11) is 0. The maximum atomic E-state index is 8.92. The molecule has 1 aliphatic heterocycles. The Labute approximate surface area is 102 Å². The van der Waals surface area contributed by atoms with Crippen LogP contribution in [0.2, 0.25) is 0 Å². The molecule has 0 saturated heterocycles. The zero-order valence-electron chi connectivity index (χ0n) is 8.76. The molecule has 1 heterocycles. The van der Waals surface area contributed by atoms with Crippen molar-refractivity contribution in [3.63, 3.8) is 0 Å². The third-order valence-electron chi connectivity index (χ3n) is 2.02. The molecule has 7 heteroatoms. The van der Waals surface area contributed by atoms with Crippen LogP contribution in [-0.4, -0.2) is 11.7 Å². The van der Waals surface area contributed by atoms with Crippen molar-refractivity contribution in [1.29, 1.82) is 21.0 Å². The molecule has 7 nitrogen and oxygen atoms in total. The number of nitrogens with two attached hydrogens (primary N) is 1. The smallest absolute Gasteiger partial charge is 0.143 e. The minimum absolute atomic E-state index is 0.171. The maximum absolute atomic E-state index is 8.92. The van der Waals surface area contributed by atoms with E-state index in [-0.39, 0.29) is 28.3 Å². The molecule has 18 heavy (non-hydrogen) atoms. The zero-order chi connectivity index (χ0) is 13.7. The highest BCUT2D eigenvalue weighted by Crippen LogP contribution is 2.28. The fraction of sp³-hybridized carbons (Fsp3) is 0. The number of aliphatic imine (C=N–C) groups is 1. The Bertz CT molecular complexity index is 728. The van der Waals surface area contributed by atoms with Gasteiger partial charge in [0.15, 0.2) is 0 Å². The van der Waals surface area contributed by atoms with Gasteiger partial charge in [0.2, 0.25) is 0 Å². The summed E-state index contributed by atoms with van der Waals surface area (Å²) in [5.41, 5.74) is 3.96. The third kappa shape index (κ3) is 1.73. The second kappa shape index (κ2) is 4.92. The molecule has 0 fully saturated rings. The predicted octanol–water partition coefficient (Wildman–Crippen LogP) is 0.168. The topological polar surface area (TPSA) is 156 Å². The normalized spacial score (nSPS) is 15.4. The van der Waals surface area contributed by atoms with Gasteiger partial charge in [-0.05, 0) is 0 Å². The van der Waals surface area contributed by atoms with E-state index < -0.39 is 5.57 Å². The number of amidine groups is 1. The van der Waals surface area contributed by atoms with E-state index in [2.05, 4.69) is 4.99 Å². The van der Waals surface area contributed by atoms with E-state index in [4.69, 9.17) is 32.2 Å². The lowest BCUT2D eigenvalue weighted by atomic mass is 10.0. The summed E-state index contributed by atoms with van der Waals surface area (Å²) in [5, 5.41) is 44.0. The van der Waals surface area contributed by atoms with Gasteiger partial charge in [0.05, 0.1) is 5.57 Å². The Morgan fingerprint density at radius 2 is 1.67 bits per heavy atom. The van der Waals surface area contributed by atoms with Crippen LogP contribution < -0.4 is 5.73 Å². The first-order valence-electron chi connectivity index (χ1n) is 4.35. The van der Waals surface area contributed by atoms with Gasteiger partial charge >= 0.3 is 0 Å². The first-order valence-corrected chi connectivity index (χ1v) is 4.35. The quantitative estimate of drug-likeness (QED) is 0.503. The number of nitrogens with zero attached hydrogens (tertiary/aromatic N) is 6. The van der Waals surface area contributed by atoms with Gasteiger partial charge in [-0.25, -0.2) is 10.9 Å². The van der Waals surface area contributed by atoms with Gasteiger partial charge in [-0.3, -0.25) is 0 Å². The van der Waals surface area contributed by atoms with Crippen LogP contribution in [0.5, 0.6) is 0 Å². The van der Waals surface area contributed by atoms with Crippen LogP contribution in [0.3, 0.4) is 0 Å². The Balaban J connectivity index is 3.74. The van der Waals surface area contributed by atoms with Crippen LogP contribution in [0.15, 0.2) is 33.0 Å². The number of rotatable bonds is 1. The molecular weight excluding hydrogens is 230 g/mol. The summed E-state index contributed by atoms with van der Waals surface area (Å²) in [6.07, 6.45) is 0. The van der Waals surface area contributed by atoms with Gasteiger partial charge in [-0.1, -0.05) is 0 Å². The minimum Gasteiger partial charge on any atom is -0.762 e. The van der Waals surface area contributed by atoms with Crippen molar-refractivity contribution < 1.29 is 0 Å². The Morgan fingerprint density at radius 3 is 2.06 bits per heavy atom. The summed E-state index contributed by atoms with van der Waals surface area (Å²) in [4.78, 5) is 3.69. The second-order valence-corrected chi connectivity index (χ2v) is 2.90. The lowest BCUT2D eigenvalue weighted by Gasteiger charge is -1.98. The highest BCUT2D eigenvalue weighted by atomic mass is 14.9. The van der Waals surface area contributed by atoms with Crippen LogP contribution in [0.25, 0.3) is 5.41 Å². The van der Waals surface area contributed by atoms with Crippen molar-refractivity contribution in [2.45, 2.75) is 0 Å². The van der Waals surface area contributed by atoms with Crippen molar-refractivity contribution in [2.24, 2.45) is 10.7 Å². The highest BCUT2D eigenvalue weighted by Gasteiger charge is 2.26. The molecular formula is C11H2N7-. The van der Waals surface area contributed by atoms with E-state index in [1.165, 1.54) is 11.9 Å². The van der Waals surface area contributed by atoms with Gasteiger partial charge < -0.3 is 11.1 Å². The summed E-state index contributed by atoms with van der Waals surface area (Å²) < 4.78 is 0. The number of hydrogen-bond donors (Lipinski definition) is 1. The van der Waals surface area contributed by atoms with Crippen molar-refractivity contribution >= 4 is 11.7 Å². The summed E-state index contributed by atoms with van der Waals surface area (Å²) >= 11 is 0. The largest absolute Gasteiger partial charge is 0.762 e. The molecule has 0 aromatic heterocycles. The van der Waals surface area contributed by atoms with Gasteiger partial charge in [-0.2, -0.15) is 21.0 Å². The molecule has 0 aromatic carbocycles. The summed E-state index contributed by atoms with van der Waals surface area (Å²) in [6.45, 7) is 0. The van der Waals surface area contributed by atoms with Crippen LogP contribution in [0.1, 0.15) is 0 Å². The fourth-order valence-electron chi connectivity index (χ4n) is 1.25. The van der Waals surface area contributed by atoms with Crippen molar-refractivity contribution in [3.8, 4) is 24.3 Å². The van der Waals surface area contributed by atoms with Crippen LogP contribution in [0, 0.1) is 45.3 Å². The lowest BCUT2D eigenvalue weighted by Crippen LogP contribution is -2.10. The Morgan fingerprint density at radius 1 is 1.06 bits per heavy atom. The molecule has 0 amide bonds. The molecule has 0 aliphatic carbocycles. The molecule has 0 saturated carbocycles. The standard InChI is InChI=1S/C11H2N7/c12-1-6(2-13)7(3-14)10-8(4-15)9(5-16)11(17)18-10/h(H2,17,18)/q-1/b10-7-. The molecule has 82 valence electrons. The van der Waals surface area contributed by atoms with Crippen molar-refractivity contribution in [1.82, 2.24) is 0 Å². The molecule has 0 atom stereocenters. The first-order chi connectivity index (χ1) is 8.64. The minimum atomic E-state index is -0.490. The van der Waals surface area contributed by atoms with Crippen molar-refractivity contribution in [2.75, 3.05) is 0 Å². The monoisotopic (exact) mass is 232 g/mol. The van der Waals surface area contributed by atoms with E-state index in [1.54, 1.807) is 18.2 Å². The van der Waals surface area contributed by atoms with Gasteiger partial charge in [0.25, 0.3) is 0 Å². The highest BCUT2D eigenvalue weighted by molar-refractivity contribution is 6.07. The van der Waals surface area contributed by atoms with Crippen LogP contribution >= 0.6 is 0 Å². The predicted molar refractivity (Wildman–Crippen MR) is 60.0 cm³/mol. The molecule has 1 aliphatic rings. The maximum Gasteiger partial charge on any atom is 0.143 e. The van der Waals surface area contributed by atoms with E-state index in [0.29, 0.717) is 0 Å². The fourth-order valence-corrected chi connectivity index (χ4v) is 1.25. The van der Waals surface area contributed by atoms with E-state index in [0.717, 1.165) is 0 Å². The van der Waals surface area contributed by atoms with E-state index >= 15 is 0 Å². The average Bonchev–Trinajstić information content (AvgIpc) is 2.71. The summed E-state index contributed by atoms with van der Waals surface area (Å²) in [6, 6.07) is 6.50. The average molecular weight is 232 g/mol. The van der Waals surface area contributed by atoms with E-state index in [9.17, 15) is 0 Å².